The molecule has 0 radical (unpaired) electrons. The van der Waals surface area contributed by atoms with E-state index in [0.717, 1.165) is 22.4 Å². The Morgan fingerprint density at radius 3 is 2.72 bits per heavy atom. The Bertz CT molecular complexity index is 1500. The van der Waals surface area contributed by atoms with E-state index in [2.05, 4.69) is 20.1 Å². The standard InChI is InChI=1S/C20H14ClF3N6O4S2/c1-8-28-30-14-9(26-19(30)36-8)4-5-29(15(14)17-25-10(7-35-17)18(32)33)13(31)6-34-11-2-3-12(20(22,23)24)27-16(11)21/h2-3,7,15H,4-6H2,1H3,(H,32,33). The summed E-state index contributed by atoms with van der Waals surface area (Å²) < 4.78 is 45.6. The first-order chi connectivity index (χ1) is 17.0. The van der Waals surface area contributed by atoms with Crippen LogP contribution in [0.25, 0.3) is 4.96 Å². The summed E-state index contributed by atoms with van der Waals surface area (Å²) in [7, 11) is 0. The molecule has 36 heavy (non-hydrogen) atoms. The second kappa shape index (κ2) is 8.97. The molecule has 1 unspecified atom stereocenters. The number of carboxylic acid groups (broad SMARTS) is 1. The van der Waals surface area contributed by atoms with Crippen LogP contribution in [0.15, 0.2) is 17.5 Å². The fourth-order valence-corrected chi connectivity index (χ4v) is 5.68. The highest BCUT2D eigenvalue weighted by Crippen LogP contribution is 2.38. The Morgan fingerprint density at radius 2 is 2.06 bits per heavy atom. The zero-order valence-electron chi connectivity index (χ0n) is 18.1. The van der Waals surface area contributed by atoms with E-state index < -0.39 is 41.5 Å². The number of carboxylic acids is 1. The van der Waals surface area contributed by atoms with Gasteiger partial charge in [-0.3, -0.25) is 4.79 Å². The Hall–Kier alpha value is -3.30. The van der Waals surface area contributed by atoms with Crippen LogP contribution in [0, 0.1) is 6.92 Å². The van der Waals surface area contributed by atoms with E-state index in [0.29, 0.717) is 33.8 Å². The van der Waals surface area contributed by atoms with Crippen LogP contribution >= 0.6 is 34.3 Å². The van der Waals surface area contributed by atoms with Gasteiger partial charge in [0.1, 0.15) is 21.8 Å². The fraction of sp³-hybridized carbons (Fsp3) is 0.300. The van der Waals surface area contributed by atoms with Gasteiger partial charge >= 0.3 is 12.1 Å². The molecule has 0 aliphatic carbocycles. The van der Waals surface area contributed by atoms with Gasteiger partial charge in [0.15, 0.2) is 23.2 Å². The summed E-state index contributed by atoms with van der Waals surface area (Å²) in [6.07, 6.45) is -4.27. The minimum Gasteiger partial charge on any atom is -0.481 e. The van der Waals surface area contributed by atoms with Gasteiger partial charge in [-0.25, -0.2) is 24.3 Å². The normalized spacial score (nSPS) is 15.8. The number of amides is 1. The van der Waals surface area contributed by atoms with Crippen molar-refractivity contribution in [2.45, 2.75) is 25.6 Å². The minimum atomic E-state index is -4.68. The van der Waals surface area contributed by atoms with Gasteiger partial charge in [0.05, 0.1) is 11.4 Å². The molecule has 1 aliphatic rings. The lowest BCUT2D eigenvalue weighted by atomic mass is 10.0. The molecule has 0 fully saturated rings. The SMILES string of the molecule is Cc1nn2c3c(nc2s1)CCN(C(=O)COc1ccc(C(F)(F)F)nc1Cl)C3c1nc(C(=O)O)cs1. The van der Waals surface area contributed by atoms with Gasteiger partial charge < -0.3 is 14.7 Å². The first-order valence-electron chi connectivity index (χ1n) is 10.2. The number of pyridine rings is 1. The molecule has 0 saturated carbocycles. The highest BCUT2D eigenvalue weighted by atomic mass is 35.5. The number of aromatic nitrogens is 5. The molecule has 1 N–H and O–H groups in total. The number of imidazole rings is 1. The van der Waals surface area contributed by atoms with Crippen molar-refractivity contribution in [2.75, 3.05) is 13.2 Å². The van der Waals surface area contributed by atoms with Gasteiger partial charge in [-0.2, -0.15) is 18.3 Å². The topological polar surface area (TPSA) is 123 Å². The molecular formula is C20H14ClF3N6O4S2. The highest BCUT2D eigenvalue weighted by Gasteiger charge is 2.39. The molecule has 5 rings (SSSR count). The maximum Gasteiger partial charge on any atom is 0.433 e. The number of aromatic carboxylic acids is 1. The molecule has 0 bridgehead atoms. The number of halogens is 4. The average Bonchev–Trinajstić information content (AvgIpc) is 3.51. The molecule has 1 aliphatic heterocycles. The van der Waals surface area contributed by atoms with E-state index in [4.69, 9.17) is 16.3 Å². The third kappa shape index (κ3) is 4.37. The third-order valence-electron chi connectivity index (χ3n) is 5.33. The van der Waals surface area contributed by atoms with Crippen LogP contribution < -0.4 is 4.74 Å². The smallest absolute Gasteiger partial charge is 0.433 e. The maximum absolute atomic E-state index is 13.3. The van der Waals surface area contributed by atoms with Crippen LogP contribution in [0.4, 0.5) is 13.2 Å². The number of fused-ring (bicyclic) bond motifs is 3. The summed E-state index contributed by atoms with van der Waals surface area (Å²) in [6.45, 7) is 1.49. The predicted octanol–water partition coefficient (Wildman–Crippen LogP) is 3.87. The number of alkyl halides is 3. The summed E-state index contributed by atoms with van der Waals surface area (Å²) in [5, 5.41) is 15.8. The number of ether oxygens (including phenoxy) is 1. The van der Waals surface area contributed by atoms with Gasteiger partial charge in [0, 0.05) is 18.3 Å². The molecule has 4 aromatic rings. The Labute approximate surface area is 212 Å². The van der Waals surface area contributed by atoms with Crippen molar-refractivity contribution in [3.63, 3.8) is 0 Å². The molecule has 16 heteroatoms. The lowest BCUT2D eigenvalue weighted by Gasteiger charge is -2.34. The number of rotatable bonds is 5. The van der Waals surface area contributed by atoms with Crippen molar-refractivity contribution >= 4 is 51.1 Å². The molecule has 5 heterocycles. The Morgan fingerprint density at radius 1 is 1.28 bits per heavy atom. The molecule has 10 nitrogen and oxygen atoms in total. The lowest BCUT2D eigenvalue weighted by Crippen LogP contribution is -2.43. The maximum atomic E-state index is 13.3. The first-order valence-corrected chi connectivity index (χ1v) is 12.3. The van der Waals surface area contributed by atoms with Crippen LogP contribution in [-0.2, 0) is 17.4 Å². The summed E-state index contributed by atoms with van der Waals surface area (Å²) in [6, 6.07) is 0.911. The highest BCUT2D eigenvalue weighted by molar-refractivity contribution is 7.16. The second-order valence-electron chi connectivity index (χ2n) is 7.65. The Balaban J connectivity index is 1.46. The predicted molar refractivity (Wildman–Crippen MR) is 122 cm³/mol. The van der Waals surface area contributed by atoms with Crippen molar-refractivity contribution in [3.05, 3.63) is 55.5 Å². The summed E-state index contributed by atoms with van der Waals surface area (Å²) in [5.41, 5.74) is -0.0417. The number of aryl methyl sites for hydroxylation is 1. The van der Waals surface area contributed by atoms with Gasteiger partial charge in [-0.15, -0.1) is 11.3 Å². The number of hydrogen-bond donors (Lipinski definition) is 1. The molecular weight excluding hydrogens is 545 g/mol. The van der Waals surface area contributed by atoms with Gasteiger partial charge in [0.25, 0.3) is 5.91 Å². The zero-order valence-corrected chi connectivity index (χ0v) is 20.5. The van der Waals surface area contributed by atoms with Gasteiger partial charge in [0.2, 0.25) is 4.96 Å². The minimum absolute atomic E-state index is 0.163. The van der Waals surface area contributed by atoms with E-state index in [-0.39, 0.29) is 18.0 Å². The molecule has 1 amide bonds. The van der Waals surface area contributed by atoms with Crippen LogP contribution in [0.2, 0.25) is 5.15 Å². The molecule has 188 valence electrons. The molecule has 0 saturated heterocycles. The zero-order chi connectivity index (χ0) is 25.8. The average molecular weight is 559 g/mol. The first kappa shape index (κ1) is 24.4. The van der Waals surface area contributed by atoms with E-state index in [1.54, 1.807) is 4.52 Å². The van der Waals surface area contributed by atoms with Crippen molar-refractivity contribution in [3.8, 4) is 5.75 Å². The largest absolute Gasteiger partial charge is 0.481 e. The van der Waals surface area contributed by atoms with Crippen molar-refractivity contribution in [1.29, 1.82) is 0 Å². The number of thiazole rings is 1. The van der Waals surface area contributed by atoms with Crippen molar-refractivity contribution in [2.24, 2.45) is 0 Å². The number of carbonyl (C=O) groups is 2. The van der Waals surface area contributed by atoms with Gasteiger partial charge in [-0.05, 0) is 19.1 Å². The lowest BCUT2D eigenvalue weighted by molar-refractivity contribution is -0.141. The van der Waals surface area contributed by atoms with E-state index in [1.807, 2.05) is 6.92 Å². The van der Waals surface area contributed by atoms with E-state index >= 15 is 0 Å². The number of nitrogens with zero attached hydrogens (tertiary/aromatic N) is 6. The van der Waals surface area contributed by atoms with E-state index in [9.17, 15) is 27.9 Å². The number of hydrogen-bond acceptors (Lipinski definition) is 9. The van der Waals surface area contributed by atoms with E-state index in [1.165, 1.54) is 21.6 Å². The second-order valence-corrected chi connectivity index (χ2v) is 10.1. The van der Waals surface area contributed by atoms with Crippen molar-refractivity contribution < 1.29 is 32.6 Å². The quantitative estimate of drug-likeness (QED) is 0.366. The van der Waals surface area contributed by atoms with Crippen molar-refractivity contribution in [1.82, 2.24) is 29.5 Å². The summed E-state index contributed by atoms with van der Waals surface area (Å²) >= 11 is 8.29. The summed E-state index contributed by atoms with van der Waals surface area (Å²) in [5.74, 6) is -1.91. The molecule has 0 aromatic carbocycles. The fourth-order valence-electron chi connectivity index (χ4n) is 3.80. The molecule has 4 aromatic heterocycles. The monoisotopic (exact) mass is 558 g/mol. The van der Waals surface area contributed by atoms with Crippen LogP contribution in [0.5, 0.6) is 5.75 Å². The van der Waals surface area contributed by atoms with Crippen LogP contribution in [-0.4, -0.2) is 59.6 Å². The number of carbonyl (C=O) groups excluding carboxylic acids is 1. The molecule has 1 atom stereocenters. The van der Waals surface area contributed by atoms with Crippen LogP contribution in [0.1, 0.15) is 43.6 Å². The van der Waals surface area contributed by atoms with Crippen LogP contribution in [0.3, 0.4) is 0 Å². The van der Waals surface area contributed by atoms with Gasteiger partial charge in [-0.1, -0.05) is 22.9 Å². The third-order valence-corrected chi connectivity index (χ3v) is 7.32. The summed E-state index contributed by atoms with van der Waals surface area (Å²) in [4.78, 5) is 38.9. The Kier molecular flexibility index (Phi) is 6.08. The molecule has 0 spiro atoms.